The molecule has 0 heterocycles. The van der Waals surface area contributed by atoms with Gasteiger partial charge in [0.15, 0.2) is 0 Å². The second kappa shape index (κ2) is 13.3. The van der Waals surface area contributed by atoms with E-state index in [2.05, 4.69) is 10.6 Å². The number of carbonyl (C=O) groups excluding carboxylic acids is 3. The van der Waals surface area contributed by atoms with Crippen LogP contribution in [0, 0.1) is 0 Å². The largest absolute Gasteiger partial charge is 0.467 e. The van der Waals surface area contributed by atoms with Crippen LogP contribution in [0.3, 0.4) is 0 Å². The third-order valence-electron chi connectivity index (χ3n) is 4.65. The van der Waals surface area contributed by atoms with Crippen LogP contribution < -0.4 is 10.6 Å². The fraction of sp³-hybridized carbons (Fsp3) is 0.348. The third-order valence-corrected chi connectivity index (χ3v) is 6.06. The fourth-order valence-electron chi connectivity index (χ4n) is 2.86. The maximum absolute atomic E-state index is 12.7. The molecule has 0 radical (unpaired) electrons. The Kier molecular flexibility index (Phi) is 10.5. The van der Waals surface area contributed by atoms with Gasteiger partial charge < -0.3 is 25.2 Å². The number of nitrogens with one attached hydrogen (secondary N) is 2. The summed E-state index contributed by atoms with van der Waals surface area (Å²) in [6.45, 7) is 1.30. The number of hydrogen-bond acceptors (Lipinski definition) is 7. The minimum atomic E-state index is -1.39. The highest BCUT2D eigenvalue weighted by Gasteiger charge is 2.31. The Morgan fingerprint density at radius 3 is 2.18 bits per heavy atom. The van der Waals surface area contributed by atoms with Crippen molar-refractivity contribution < 1.29 is 33.2 Å². The smallest absolute Gasteiger partial charge is 0.408 e. The molecule has 0 spiro atoms. The van der Waals surface area contributed by atoms with Gasteiger partial charge in [0.25, 0.3) is 0 Å². The van der Waals surface area contributed by atoms with Crippen LogP contribution in [0.5, 0.6) is 0 Å². The van der Waals surface area contributed by atoms with E-state index in [1.807, 2.05) is 6.07 Å². The molecule has 0 fully saturated rings. The summed E-state index contributed by atoms with van der Waals surface area (Å²) in [6.07, 6.45) is -2.14. The Bertz CT molecular complexity index is 938. The third kappa shape index (κ3) is 8.66. The molecule has 0 aliphatic rings. The summed E-state index contributed by atoms with van der Waals surface area (Å²) >= 11 is 0. The molecular formula is C23H28N2O7S. The first kappa shape index (κ1) is 26.0. The van der Waals surface area contributed by atoms with E-state index < -0.39 is 47.0 Å². The van der Waals surface area contributed by atoms with Gasteiger partial charge in [-0.2, -0.15) is 0 Å². The molecule has 2 amide bonds. The molecule has 2 aromatic carbocycles. The molecule has 10 heteroatoms. The molecule has 0 saturated carbocycles. The fourth-order valence-corrected chi connectivity index (χ4v) is 4.01. The van der Waals surface area contributed by atoms with Crippen LogP contribution >= 0.6 is 0 Å². The molecule has 4 atom stereocenters. The molecule has 0 bridgehead atoms. The minimum absolute atomic E-state index is 0.0170. The minimum Gasteiger partial charge on any atom is -0.467 e. The number of methoxy groups -OCH3 is 1. The van der Waals surface area contributed by atoms with Gasteiger partial charge in [0.2, 0.25) is 5.91 Å². The predicted molar refractivity (Wildman–Crippen MR) is 122 cm³/mol. The summed E-state index contributed by atoms with van der Waals surface area (Å²) < 4.78 is 22.3. The Hall–Kier alpha value is -3.24. The first-order valence-corrected chi connectivity index (χ1v) is 11.6. The highest BCUT2D eigenvalue weighted by molar-refractivity contribution is 7.85. The topological polar surface area (TPSA) is 131 Å². The Balaban J connectivity index is 1.96. The molecule has 0 aliphatic carbocycles. The summed E-state index contributed by atoms with van der Waals surface area (Å²) in [5, 5.41) is 14.8. The van der Waals surface area contributed by atoms with E-state index in [0.29, 0.717) is 4.90 Å². The van der Waals surface area contributed by atoms with Crippen molar-refractivity contribution in [2.75, 3.05) is 12.9 Å². The summed E-state index contributed by atoms with van der Waals surface area (Å²) in [7, 11) is -0.217. The quantitative estimate of drug-likeness (QED) is 0.419. The highest BCUT2D eigenvalue weighted by atomic mass is 32.2. The van der Waals surface area contributed by atoms with Crippen LogP contribution in [0.4, 0.5) is 4.79 Å². The molecule has 178 valence electrons. The number of amides is 2. The van der Waals surface area contributed by atoms with Gasteiger partial charge in [0, 0.05) is 10.6 Å². The lowest BCUT2D eigenvalue weighted by Crippen LogP contribution is -2.56. The van der Waals surface area contributed by atoms with E-state index in [-0.39, 0.29) is 18.8 Å². The van der Waals surface area contributed by atoms with Crippen molar-refractivity contribution in [2.24, 2.45) is 0 Å². The van der Waals surface area contributed by atoms with E-state index in [9.17, 15) is 23.7 Å². The van der Waals surface area contributed by atoms with E-state index in [1.54, 1.807) is 54.6 Å². The predicted octanol–water partition coefficient (Wildman–Crippen LogP) is 1.52. The molecule has 3 N–H and O–H groups in total. The highest BCUT2D eigenvalue weighted by Crippen LogP contribution is 2.09. The van der Waals surface area contributed by atoms with Gasteiger partial charge in [-0.3, -0.25) is 9.00 Å². The molecule has 0 unspecified atom stereocenters. The zero-order valence-electron chi connectivity index (χ0n) is 18.4. The average molecular weight is 477 g/mol. The second-order valence-corrected chi connectivity index (χ2v) is 8.73. The maximum atomic E-state index is 12.7. The molecule has 2 aromatic rings. The maximum Gasteiger partial charge on any atom is 0.408 e. The van der Waals surface area contributed by atoms with Crippen molar-refractivity contribution in [1.82, 2.24) is 10.6 Å². The zero-order valence-corrected chi connectivity index (χ0v) is 19.2. The van der Waals surface area contributed by atoms with Gasteiger partial charge >= 0.3 is 12.1 Å². The standard InChI is InChI=1S/C23H28N2O7S/c1-16(26)20(25-23(29)32-15-17-9-5-3-6-10-17)21(27)24-19(22(28)31-2)13-14-33(30)18-11-7-4-8-12-18/h3-12,16,19-20,26H,13-15H2,1-2H3,(H,24,27)(H,25,29)/t16-,19-,20+,33+/m1/s1. The number of rotatable bonds is 11. The normalized spacial score (nSPS) is 14.3. The van der Waals surface area contributed by atoms with Gasteiger partial charge in [0.05, 0.1) is 24.0 Å². The van der Waals surface area contributed by atoms with Crippen LogP contribution in [0.1, 0.15) is 18.9 Å². The lowest BCUT2D eigenvalue weighted by molar-refractivity contribution is -0.145. The summed E-state index contributed by atoms with van der Waals surface area (Å²) in [6, 6.07) is 15.2. The Labute approximate surface area is 194 Å². The number of hydrogen-bond donors (Lipinski definition) is 3. The molecule has 9 nitrogen and oxygen atoms in total. The number of ether oxygens (including phenoxy) is 2. The van der Waals surface area contributed by atoms with Crippen molar-refractivity contribution in [3.8, 4) is 0 Å². The lowest BCUT2D eigenvalue weighted by atomic mass is 10.1. The molecule has 33 heavy (non-hydrogen) atoms. The van der Waals surface area contributed by atoms with Gasteiger partial charge in [0.1, 0.15) is 18.7 Å². The number of alkyl carbamates (subject to hydrolysis) is 1. The molecule has 0 saturated heterocycles. The summed E-state index contributed by atoms with van der Waals surface area (Å²) in [5.41, 5.74) is 0.753. The van der Waals surface area contributed by atoms with Crippen molar-refractivity contribution in [3.63, 3.8) is 0 Å². The number of carbonyl (C=O) groups is 3. The first-order valence-electron chi connectivity index (χ1n) is 10.3. The monoisotopic (exact) mass is 476 g/mol. The van der Waals surface area contributed by atoms with E-state index in [1.165, 1.54) is 14.0 Å². The van der Waals surface area contributed by atoms with Gasteiger partial charge in [-0.25, -0.2) is 9.59 Å². The molecule has 0 aliphatic heterocycles. The summed E-state index contributed by atoms with van der Waals surface area (Å²) in [5.74, 6) is -1.44. The average Bonchev–Trinajstić information content (AvgIpc) is 2.83. The number of esters is 1. The van der Waals surface area contributed by atoms with E-state index in [4.69, 9.17) is 9.47 Å². The van der Waals surface area contributed by atoms with Crippen molar-refractivity contribution in [3.05, 3.63) is 66.2 Å². The van der Waals surface area contributed by atoms with Crippen molar-refractivity contribution in [1.29, 1.82) is 0 Å². The Morgan fingerprint density at radius 2 is 1.61 bits per heavy atom. The van der Waals surface area contributed by atoms with Gasteiger partial charge in [-0.15, -0.1) is 0 Å². The van der Waals surface area contributed by atoms with Crippen LogP contribution in [0.25, 0.3) is 0 Å². The number of benzene rings is 2. The molecular weight excluding hydrogens is 448 g/mol. The lowest BCUT2D eigenvalue weighted by Gasteiger charge is -2.23. The van der Waals surface area contributed by atoms with Gasteiger partial charge in [-0.05, 0) is 31.0 Å². The van der Waals surface area contributed by atoms with E-state index in [0.717, 1.165) is 5.56 Å². The number of aliphatic hydroxyl groups is 1. The number of aliphatic hydroxyl groups excluding tert-OH is 1. The summed E-state index contributed by atoms with van der Waals surface area (Å²) in [4.78, 5) is 37.6. The van der Waals surface area contributed by atoms with E-state index >= 15 is 0 Å². The van der Waals surface area contributed by atoms with Crippen molar-refractivity contribution >= 4 is 28.8 Å². The van der Waals surface area contributed by atoms with Crippen molar-refractivity contribution in [2.45, 2.75) is 43.0 Å². The van der Waals surface area contributed by atoms with Crippen LogP contribution in [-0.2, 0) is 36.5 Å². The van der Waals surface area contributed by atoms with Crippen LogP contribution in [0.2, 0.25) is 0 Å². The van der Waals surface area contributed by atoms with Crippen LogP contribution in [-0.4, -0.2) is 58.3 Å². The van der Waals surface area contributed by atoms with Crippen LogP contribution in [0.15, 0.2) is 65.6 Å². The molecule has 0 aromatic heterocycles. The SMILES string of the molecule is COC(=O)[C@@H](CC[S@](=O)c1ccccc1)NC(=O)[C@@H](NC(=O)OCc1ccccc1)[C@@H](C)O. The molecule has 2 rings (SSSR count). The Morgan fingerprint density at radius 1 is 1.00 bits per heavy atom. The van der Waals surface area contributed by atoms with Gasteiger partial charge in [-0.1, -0.05) is 48.5 Å². The second-order valence-electron chi connectivity index (χ2n) is 7.16. The zero-order chi connectivity index (χ0) is 24.2. The first-order chi connectivity index (χ1) is 15.8.